The second-order valence-corrected chi connectivity index (χ2v) is 3.20. The number of hydrogen-bond acceptors (Lipinski definition) is 2. The van der Waals surface area contributed by atoms with E-state index in [4.69, 9.17) is 4.42 Å². The van der Waals surface area contributed by atoms with Crippen molar-refractivity contribution in [1.82, 2.24) is 9.78 Å². The molecule has 0 aliphatic carbocycles. The van der Waals surface area contributed by atoms with Crippen molar-refractivity contribution < 1.29 is 4.42 Å². The molecule has 0 fully saturated rings. The monoisotopic (exact) mass is 176 g/mol. The third-order valence-electron chi connectivity index (χ3n) is 1.99. The van der Waals surface area contributed by atoms with Crippen LogP contribution < -0.4 is 0 Å². The molecule has 2 aromatic rings. The van der Waals surface area contributed by atoms with Crippen LogP contribution in [0.15, 0.2) is 22.6 Å². The van der Waals surface area contributed by atoms with E-state index in [0.717, 1.165) is 22.9 Å². The van der Waals surface area contributed by atoms with Gasteiger partial charge in [-0.3, -0.25) is 4.68 Å². The minimum Gasteiger partial charge on any atom is -0.460 e. The van der Waals surface area contributed by atoms with Crippen molar-refractivity contribution in [2.45, 2.75) is 13.8 Å². The van der Waals surface area contributed by atoms with Gasteiger partial charge < -0.3 is 4.42 Å². The van der Waals surface area contributed by atoms with Gasteiger partial charge in [0.2, 0.25) is 0 Å². The minimum atomic E-state index is 0.876. The Morgan fingerprint density at radius 2 is 2.08 bits per heavy atom. The lowest BCUT2D eigenvalue weighted by molar-refractivity contribution is 0.541. The van der Waals surface area contributed by atoms with E-state index in [1.54, 1.807) is 0 Å². The molecule has 0 amide bonds. The largest absolute Gasteiger partial charge is 0.460 e. The average molecular weight is 176 g/mol. The Morgan fingerprint density at radius 1 is 1.31 bits per heavy atom. The zero-order chi connectivity index (χ0) is 9.42. The number of furan rings is 1. The van der Waals surface area contributed by atoms with E-state index < -0.39 is 0 Å². The predicted molar refractivity (Wildman–Crippen MR) is 50.4 cm³/mol. The van der Waals surface area contributed by atoms with Gasteiger partial charge in [0.05, 0.1) is 5.69 Å². The average Bonchev–Trinajstić information content (AvgIpc) is 2.58. The topological polar surface area (TPSA) is 31.0 Å². The quantitative estimate of drug-likeness (QED) is 0.667. The molecule has 0 bridgehead atoms. The van der Waals surface area contributed by atoms with E-state index in [1.165, 1.54) is 0 Å². The summed E-state index contributed by atoms with van der Waals surface area (Å²) in [5.41, 5.74) is 2.03. The highest BCUT2D eigenvalue weighted by Crippen LogP contribution is 2.21. The summed E-state index contributed by atoms with van der Waals surface area (Å²) in [5.74, 6) is 1.80. The van der Waals surface area contributed by atoms with Crippen LogP contribution in [0, 0.1) is 13.8 Å². The van der Waals surface area contributed by atoms with E-state index in [1.807, 2.05) is 43.8 Å². The van der Waals surface area contributed by atoms with E-state index in [-0.39, 0.29) is 0 Å². The molecule has 2 rings (SSSR count). The lowest BCUT2D eigenvalue weighted by Crippen LogP contribution is -1.92. The van der Waals surface area contributed by atoms with Gasteiger partial charge in [-0.15, -0.1) is 0 Å². The van der Waals surface area contributed by atoms with Gasteiger partial charge in [-0.25, -0.2) is 0 Å². The lowest BCUT2D eigenvalue weighted by atomic mass is 10.3. The highest BCUT2D eigenvalue weighted by atomic mass is 16.3. The Labute approximate surface area is 77.0 Å². The number of rotatable bonds is 1. The van der Waals surface area contributed by atoms with Gasteiger partial charge in [0.1, 0.15) is 11.5 Å². The SMILES string of the molecule is Cc1cc(-c2ccc(C)o2)n(C)n1. The van der Waals surface area contributed by atoms with Crippen LogP contribution in [-0.2, 0) is 7.05 Å². The zero-order valence-electron chi connectivity index (χ0n) is 8.03. The Balaban J connectivity index is 2.51. The summed E-state index contributed by atoms with van der Waals surface area (Å²) in [6.07, 6.45) is 0. The lowest BCUT2D eigenvalue weighted by Gasteiger charge is -1.95. The summed E-state index contributed by atoms with van der Waals surface area (Å²) < 4.78 is 7.33. The Hall–Kier alpha value is -1.51. The van der Waals surface area contributed by atoms with E-state index >= 15 is 0 Å². The molecule has 0 spiro atoms. The second-order valence-electron chi connectivity index (χ2n) is 3.20. The molecule has 3 heteroatoms. The van der Waals surface area contributed by atoms with Crippen molar-refractivity contribution >= 4 is 0 Å². The molecule has 3 nitrogen and oxygen atoms in total. The van der Waals surface area contributed by atoms with Crippen LogP contribution in [-0.4, -0.2) is 9.78 Å². The summed E-state index contributed by atoms with van der Waals surface area (Å²) in [6.45, 7) is 3.91. The van der Waals surface area contributed by atoms with Gasteiger partial charge in [-0.05, 0) is 32.0 Å². The molecule has 2 aromatic heterocycles. The van der Waals surface area contributed by atoms with Crippen LogP contribution in [0.5, 0.6) is 0 Å². The smallest absolute Gasteiger partial charge is 0.152 e. The molecule has 0 aliphatic heterocycles. The van der Waals surface area contributed by atoms with Gasteiger partial charge in [0.25, 0.3) is 0 Å². The normalized spacial score (nSPS) is 10.7. The van der Waals surface area contributed by atoms with Crippen LogP contribution in [0.1, 0.15) is 11.5 Å². The minimum absolute atomic E-state index is 0.876. The van der Waals surface area contributed by atoms with Crippen LogP contribution in [0.2, 0.25) is 0 Å². The van der Waals surface area contributed by atoms with E-state index in [0.29, 0.717) is 0 Å². The van der Waals surface area contributed by atoms with Crippen molar-refractivity contribution in [3.8, 4) is 11.5 Å². The van der Waals surface area contributed by atoms with Crippen molar-refractivity contribution in [3.63, 3.8) is 0 Å². The Morgan fingerprint density at radius 3 is 2.54 bits per heavy atom. The van der Waals surface area contributed by atoms with Crippen molar-refractivity contribution in [2.75, 3.05) is 0 Å². The zero-order valence-corrected chi connectivity index (χ0v) is 8.03. The van der Waals surface area contributed by atoms with Gasteiger partial charge in [-0.2, -0.15) is 5.10 Å². The molecular weight excluding hydrogens is 164 g/mol. The van der Waals surface area contributed by atoms with Crippen molar-refractivity contribution in [3.05, 3.63) is 29.7 Å². The van der Waals surface area contributed by atoms with Crippen molar-refractivity contribution in [1.29, 1.82) is 0 Å². The molecule has 0 atom stereocenters. The van der Waals surface area contributed by atoms with Crippen LogP contribution >= 0.6 is 0 Å². The molecule has 0 N–H and O–H groups in total. The first kappa shape index (κ1) is 8.10. The fraction of sp³-hybridized carbons (Fsp3) is 0.300. The third-order valence-corrected chi connectivity index (χ3v) is 1.99. The first-order valence-electron chi connectivity index (χ1n) is 4.24. The van der Waals surface area contributed by atoms with Gasteiger partial charge in [-0.1, -0.05) is 0 Å². The molecule has 0 saturated carbocycles. The Kier molecular flexibility index (Phi) is 1.72. The molecule has 13 heavy (non-hydrogen) atoms. The van der Waals surface area contributed by atoms with Crippen molar-refractivity contribution in [2.24, 2.45) is 7.05 Å². The number of aromatic nitrogens is 2. The van der Waals surface area contributed by atoms with Crippen LogP contribution in [0.25, 0.3) is 11.5 Å². The summed E-state index contributed by atoms with van der Waals surface area (Å²) >= 11 is 0. The molecule has 0 aliphatic rings. The maximum absolute atomic E-state index is 5.50. The predicted octanol–water partition coefficient (Wildman–Crippen LogP) is 2.30. The van der Waals surface area contributed by atoms with Crippen LogP contribution in [0.3, 0.4) is 0 Å². The molecule has 68 valence electrons. The van der Waals surface area contributed by atoms with E-state index in [9.17, 15) is 0 Å². The highest BCUT2D eigenvalue weighted by Gasteiger charge is 2.07. The summed E-state index contributed by atoms with van der Waals surface area (Å²) in [4.78, 5) is 0. The molecule has 2 heterocycles. The Bertz CT molecular complexity index is 426. The first-order chi connectivity index (χ1) is 6.16. The maximum Gasteiger partial charge on any atom is 0.152 e. The molecule has 0 radical (unpaired) electrons. The van der Waals surface area contributed by atoms with E-state index in [2.05, 4.69) is 5.10 Å². The highest BCUT2D eigenvalue weighted by molar-refractivity contribution is 5.53. The molecule has 0 saturated heterocycles. The van der Waals surface area contributed by atoms with Gasteiger partial charge in [0.15, 0.2) is 5.76 Å². The van der Waals surface area contributed by atoms with Gasteiger partial charge >= 0.3 is 0 Å². The fourth-order valence-electron chi connectivity index (χ4n) is 1.41. The molecular formula is C10H12N2O. The summed E-state index contributed by atoms with van der Waals surface area (Å²) in [5, 5.41) is 4.25. The standard InChI is InChI=1S/C10H12N2O/c1-7-6-9(12(3)11-7)10-5-4-8(2)13-10/h4-6H,1-3H3. The number of nitrogens with zero attached hydrogens (tertiary/aromatic N) is 2. The summed E-state index contributed by atoms with van der Waals surface area (Å²) in [7, 11) is 1.92. The third kappa shape index (κ3) is 1.37. The maximum atomic E-state index is 5.50. The fourth-order valence-corrected chi connectivity index (χ4v) is 1.41. The first-order valence-corrected chi connectivity index (χ1v) is 4.24. The molecule has 0 aromatic carbocycles. The van der Waals surface area contributed by atoms with Crippen LogP contribution in [0.4, 0.5) is 0 Å². The summed E-state index contributed by atoms with van der Waals surface area (Å²) in [6, 6.07) is 5.93. The number of hydrogen-bond donors (Lipinski definition) is 0. The second kappa shape index (κ2) is 2.76. The number of aryl methyl sites for hydroxylation is 3. The molecule has 0 unspecified atom stereocenters. The van der Waals surface area contributed by atoms with Gasteiger partial charge in [0, 0.05) is 7.05 Å².